The lowest BCUT2D eigenvalue weighted by Crippen LogP contribution is -2.43. The normalized spacial score (nSPS) is 16.4. The van der Waals surface area contributed by atoms with Gasteiger partial charge in [0.2, 0.25) is 0 Å². The minimum atomic E-state index is -0.455. The van der Waals surface area contributed by atoms with E-state index in [1.807, 2.05) is 54.3 Å². The van der Waals surface area contributed by atoms with Crippen LogP contribution in [0, 0.1) is 0 Å². The highest BCUT2D eigenvalue weighted by molar-refractivity contribution is 6.31. The van der Waals surface area contributed by atoms with Gasteiger partial charge in [0.25, 0.3) is 5.91 Å². The molecule has 2 heterocycles. The van der Waals surface area contributed by atoms with E-state index in [-0.39, 0.29) is 11.8 Å². The van der Waals surface area contributed by atoms with Crippen LogP contribution >= 0.6 is 11.6 Å². The summed E-state index contributed by atoms with van der Waals surface area (Å²) in [6.07, 6.45) is 1.21. The molecule has 3 aromatic rings. The van der Waals surface area contributed by atoms with E-state index in [1.54, 1.807) is 6.07 Å². The van der Waals surface area contributed by atoms with Crippen LogP contribution in [0.3, 0.4) is 0 Å². The van der Waals surface area contributed by atoms with Crippen molar-refractivity contribution in [1.82, 2.24) is 9.88 Å². The molecule has 1 aliphatic rings. The molecule has 28 heavy (non-hydrogen) atoms. The number of fused-ring (bicyclic) bond motifs is 1. The van der Waals surface area contributed by atoms with E-state index >= 15 is 0 Å². The van der Waals surface area contributed by atoms with Crippen LogP contribution in [0.1, 0.15) is 37.1 Å². The molecule has 1 unspecified atom stereocenters. The van der Waals surface area contributed by atoms with Gasteiger partial charge in [-0.3, -0.25) is 4.79 Å². The Balaban J connectivity index is 1.32. The standard InChI is InChI=1S/C22H23ClN2O3/c1-15(27-14-16-5-3-2-4-6-16)22(26)25-11-9-17(10-12-25)21-24-19-13-18(23)7-8-20(19)28-21/h2-8,13,15,17H,9-12,14H2,1H3. The molecule has 0 N–H and O–H groups in total. The van der Waals surface area contributed by atoms with Crippen LogP contribution in [0.15, 0.2) is 52.9 Å². The van der Waals surface area contributed by atoms with Gasteiger partial charge in [-0.1, -0.05) is 41.9 Å². The van der Waals surface area contributed by atoms with Gasteiger partial charge in [0.15, 0.2) is 11.5 Å². The van der Waals surface area contributed by atoms with Crippen molar-refractivity contribution in [1.29, 1.82) is 0 Å². The number of likely N-dealkylation sites (tertiary alicyclic amines) is 1. The predicted molar refractivity (Wildman–Crippen MR) is 108 cm³/mol. The number of aromatic nitrogens is 1. The smallest absolute Gasteiger partial charge is 0.251 e. The number of halogens is 1. The van der Waals surface area contributed by atoms with Crippen molar-refractivity contribution in [3.05, 3.63) is 65.0 Å². The Morgan fingerprint density at radius 2 is 2.00 bits per heavy atom. The van der Waals surface area contributed by atoms with E-state index in [0.29, 0.717) is 24.7 Å². The van der Waals surface area contributed by atoms with E-state index in [4.69, 9.17) is 20.8 Å². The molecule has 0 aliphatic carbocycles. The first-order chi connectivity index (χ1) is 13.6. The highest BCUT2D eigenvalue weighted by atomic mass is 35.5. The first-order valence-corrected chi connectivity index (χ1v) is 9.98. The molecule has 1 fully saturated rings. The average Bonchev–Trinajstić information content (AvgIpc) is 3.15. The van der Waals surface area contributed by atoms with E-state index < -0.39 is 6.10 Å². The van der Waals surface area contributed by atoms with Gasteiger partial charge < -0.3 is 14.1 Å². The van der Waals surface area contributed by atoms with Crippen LogP contribution in [-0.2, 0) is 16.1 Å². The first-order valence-electron chi connectivity index (χ1n) is 9.60. The zero-order valence-electron chi connectivity index (χ0n) is 15.8. The quantitative estimate of drug-likeness (QED) is 0.619. The minimum absolute atomic E-state index is 0.0405. The van der Waals surface area contributed by atoms with Crippen molar-refractivity contribution in [2.75, 3.05) is 13.1 Å². The molecule has 146 valence electrons. The highest BCUT2D eigenvalue weighted by Crippen LogP contribution is 2.31. The second-order valence-corrected chi connectivity index (χ2v) is 7.64. The number of nitrogens with zero attached hydrogens (tertiary/aromatic N) is 2. The Morgan fingerprint density at radius 3 is 2.75 bits per heavy atom. The molecule has 2 aromatic carbocycles. The number of amides is 1. The zero-order chi connectivity index (χ0) is 19.5. The molecule has 5 nitrogen and oxygen atoms in total. The first kappa shape index (κ1) is 19.0. The van der Waals surface area contributed by atoms with Gasteiger partial charge >= 0.3 is 0 Å². The molecular formula is C22H23ClN2O3. The maximum atomic E-state index is 12.7. The third-order valence-corrected chi connectivity index (χ3v) is 5.45. The lowest BCUT2D eigenvalue weighted by molar-refractivity contribution is -0.144. The van der Waals surface area contributed by atoms with Crippen molar-refractivity contribution in [3.8, 4) is 0 Å². The number of rotatable bonds is 5. The fourth-order valence-corrected chi connectivity index (χ4v) is 3.73. The van der Waals surface area contributed by atoms with Crippen molar-refractivity contribution < 1.29 is 13.9 Å². The van der Waals surface area contributed by atoms with Crippen molar-refractivity contribution in [2.45, 2.75) is 38.4 Å². The number of hydrogen-bond acceptors (Lipinski definition) is 4. The van der Waals surface area contributed by atoms with Crippen molar-refractivity contribution in [2.24, 2.45) is 0 Å². The summed E-state index contributed by atoms with van der Waals surface area (Å²) >= 11 is 6.02. The lowest BCUT2D eigenvalue weighted by Gasteiger charge is -2.32. The van der Waals surface area contributed by atoms with Gasteiger partial charge in [-0.05, 0) is 43.5 Å². The number of piperidine rings is 1. The van der Waals surface area contributed by atoms with Gasteiger partial charge in [-0.15, -0.1) is 0 Å². The molecule has 4 rings (SSSR count). The SMILES string of the molecule is CC(OCc1ccccc1)C(=O)N1CCC(c2nc3cc(Cl)ccc3o2)CC1. The third kappa shape index (κ3) is 4.21. The molecule has 6 heteroatoms. The van der Waals surface area contributed by atoms with Crippen LogP contribution in [0.5, 0.6) is 0 Å². The largest absolute Gasteiger partial charge is 0.440 e. The third-order valence-electron chi connectivity index (χ3n) is 5.21. The number of ether oxygens (including phenoxy) is 1. The lowest BCUT2D eigenvalue weighted by atomic mass is 9.96. The monoisotopic (exact) mass is 398 g/mol. The predicted octanol–water partition coefficient (Wildman–Crippen LogP) is 4.79. The Bertz CT molecular complexity index is 949. The number of benzene rings is 2. The van der Waals surface area contributed by atoms with E-state index in [1.165, 1.54) is 0 Å². The van der Waals surface area contributed by atoms with Crippen LogP contribution in [-0.4, -0.2) is 35.0 Å². The number of carbonyl (C=O) groups is 1. The summed E-state index contributed by atoms with van der Waals surface area (Å²) in [6.45, 7) is 3.63. The summed E-state index contributed by atoms with van der Waals surface area (Å²) in [5.74, 6) is 0.993. The maximum absolute atomic E-state index is 12.7. The summed E-state index contributed by atoms with van der Waals surface area (Å²) < 4.78 is 11.7. The van der Waals surface area contributed by atoms with Crippen LogP contribution in [0.2, 0.25) is 5.02 Å². The van der Waals surface area contributed by atoms with Crippen LogP contribution in [0.25, 0.3) is 11.1 Å². The second-order valence-electron chi connectivity index (χ2n) is 7.20. The highest BCUT2D eigenvalue weighted by Gasteiger charge is 2.29. The molecular weight excluding hydrogens is 376 g/mol. The molecule has 1 aromatic heterocycles. The molecule has 0 saturated carbocycles. The fourth-order valence-electron chi connectivity index (χ4n) is 3.56. The van der Waals surface area contributed by atoms with Crippen LogP contribution in [0.4, 0.5) is 0 Å². The van der Waals surface area contributed by atoms with Gasteiger partial charge in [0, 0.05) is 24.0 Å². The van der Waals surface area contributed by atoms with E-state index in [2.05, 4.69) is 4.98 Å². The molecule has 0 bridgehead atoms. The second kappa shape index (κ2) is 8.33. The zero-order valence-corrected chi connectivity index (χ0v) is 16.6. The molecule has 0 radical (unpaired) electrons. The average molecular weight is 399 g/mol. The maximum Gasteiger partial charge on any atom is 0.251 e. The molecule has 0 spiro atoms. The molecule has 1 aliphatic heterocycles. The Morgan fingerprint density at radius 1 is 1.25 bits per heavy atom. The molecule has 1 amide bonds. The number of hydrogen-bond donors (Lipinski definition) is 0. The summed E-state index contributed by atoms with van der Waals surface area (Å²) in [4.78, 5) is 19.2. The van der Waals surface area contributed by atoms with Gasteiger partial charge in [-0.2, -0.15) is 0 Å². The van der Waals surface area contributed by atoms with E-state index in [9.17, 15) is 4.79 Å². The number of oxazole rings is 1. The van der Waals surface area contributed by atoms with Gasteiger partial charge in [0.05, 0.1) is 6.61 Å². The summed E-state index contributed by atoms with van der Waals surface area (Å²) in [5.41, 5.74) is 2.60. The van der Waals surface area contributed by atoms with Gasteiger partial charge in [0.1, 0.15) is 11.6 Å². The molecule has 1 atom stereocenters. The summed E-state index contributed by atoms with van der Waals surface area (Å²) in [7, 11) is 0. The van der Waals surface area contributed by atoms with E-state index in [0.717, 1.165) is 35.4 Å². The Labute approximate surface area is 169 Å². The summed E-state index contributed by atoms with van der Waals surface area (Å²) in [6, 6.07) is 15.4. The van der Waals surface area contributed by atoms with Gasteiger partial charge in [-0.25, -0.2) is 4.98 Å². The summed E-state index contributed by atoms with van der Waals surface area (Å²) in [5, 5.41) is 0.650. The van der Waals surface area contributed by atoms with Crippen molar-refractivity contribution >= 4 is 28.6 Å². The van der Waals surface area contributed by atoms with Crippen molar-refractivity contribution in [3.63, 3.8) is 0 Å². The topological polar surface area (TPSA) is 55.6 Å². The minimum Gasteiger partial charge on any atom is -0.440 e. The fraction of sp³-hybridized carbons (Fsp3) is 0.364. The van der Waals surface area contributed by atoms with Crippen LogP contribution < -0.4 is 0 Å². The molecule has 1 saturated heterocycles. The number of carbonyl (C=O) groups excluding carboxylic acids is 1. The Kier molecular flexibility index (Phi) is 5.64. The Hall–Kier alpha value is -2.37.